The summed E-state index contributed by atoms with van der Waals surface area (Å²) < 4.78 is 5.50. The van der Waals surface area contributed by atoms with Gasteiger partial charge in [-0.2, -0.15) is 0 Å². The summed E-state index contributed by atoms with van der Waals surface area (Å²) in [5.74, 6) is 0. The van der Waals surface area contributed by atoms with E-state index in [-0.39, 0.29) is 0 Å². The summed E-state index contributed by atoms with van der Waals surface area (Å²) in [6, 6.07) is 0.701. The van der Waals surface area contributed by atoms with Gasteiger partial charge in [0.2, 0.25) is 0 Å². The third-order valence-corrected chi connectivity index (χ3v) is 4.84. The van der Waals surface area contributed by atoms with Crippen LogP contribution in [0.1, 0.15) is 64.7 Å². The molecule has 0 bridgehead atoms. The SMILES string of the molecule is COC1CCCC(NCC2(C)CCCCC2)C1. The lowest BCUT2D eigenvalue weighted by Crippen LogP contribution is -2.42. The van der Waals surface area contributed by atoms with Crippen LogP contribution in [0.25, 0.3) is 0 Å². The second kappa shape index (κ2) is 6.19. The van der Waals surface area contributed by atoms with Crippen LogP contribution in [0.2, 0.25) is 0 Å². The zero-order valence-corrected chi connectivity index (χ0v) is 11.6. The number of methoxy groups -OCH3 is 1. The lowest BCUT2D eigenvalue weighted by Gasteiger charge is -2.37. The van der Waals surface area contributed by atoms with E-state index in [2.05, 4.69) is 12.2 Å². The molecule has 2 rings (SSSR count). The van der Waals surface area contributed by atoms with E-state index in [1.54, 1.807) is 0 Å². The minimum atomic E-state index is 0.500. The Hall–Kier alpha value is -0.0800. The molecule has 2 heteroatoms. The first-order chi connectivity index (χ1) is 8.22. The molecule has 17 heavy (non-hydrogen) atoms. The quantitative estimate of drug-likeness (QED) is 0.810. The smallest absolute Gasteiger partial charge is 0.0586 e. The predicted octanol–water partition coefficient (Wildman–Crippen LogP) is 3.50. The molecule has 2 fully saturated rings. The predicted molar refractivity (Wildman–Crippen MR) is 72.2 cm³/mol. The monoisotopic (exact) mass is 239 g/mol. The molecule has 2 atom stereocenters. The summed E-state index contributed by atoms with van der Waals surface area (Å²) >= 11 is 0. The number of hydrogen-bond donors (Lipinski definition) is 1. The van der Waals surface area contributed by atoms with Crippen LogP contribution in [0, 0.1) is 5.41 Å². The number of hydrogen-bond acceptors (Lipinski definition) is 2. The van der Waals surface area contributed by atoms with E-state index in [4.69, 9.17) is 4.74 Å². The Labute approximate surface area is 107 Å². The van der Waals surface area contributed by atoms with E-state index in [0.29, 0.717) is 17.6 Å². The molecule has 100 valence electrons. The van der Waals surface area contributed by atoms with Crippen LogP contribution in [0.3, 0.4) is 0 Å². The second-order valence-corrected chi connectivity index (χ2v) is 6.47. The fraction of sp³-hybridized carbons (Fsp3) is 1.00. The molecule has 0 heterocycles. The molecule has 2 nitrogen and oxygen atoms in total. The highest BCUT2D eigenvalue weighted by Gasteiger charge is 2.28. The largest absolute Gasteiger partial charge is 0.381 e. The summed E-state index contributed by atoms with van der Waals surface area (Å²) in [6.45, 7) is 3.68. The maximum absolute atomic E-state index is 5.50. The molecule has 2 aliphatic rings. The average Bonchev–Trinajstić information content (AvgIpc) is 2.38. The fourth-order valence-corrected chi connectivity index (χ4v) is 3.52. The highest BCUT2D eigenvalue weighted by molar-refractivity contribution is 4.84. The minimum absolute atomic E-state index is 0.500. The van der Waals surface area contributed by atoms with Crippen molar-refractivity contribution in [1.82, 2.24) is 5.32 Å². The number of rotatable bonds is 4. The Bertz CT molecular complexity index is 223. The average molecular weight is 239 g/mol. The molecule has 0 aromatic rings. The Balaban J connectivity index is 1.73. The van der Waals surface area contributed by atoms with Crippen LogP contribution in [0.4, 0.5) is 0 Å². The van der Waals surface area contributed by atoms with Crippen molar-refractivity contribution in [2.75, 3.05) is 13.7 Å². The van der Waals surface area contributed by atoms with Crippen molar-refractivity contribution in [2.24, 2.45) is 5.41 Å². The normalized spacial score (nSPS) is 33.5. The Kier molecular flexibility index (Phi) is 4.87. The highest BCUT2D eigenvalue weighted by atomic mass is 16.5. The molecular weight excluding hydrogens is 210 g/mol. The van der Waals surface area contributed by atoms with Crippen molar-refractivity contribution in [1.29, 1.82) is 0 Å². The van der Waals surface area contributed by atoms with Crippen LogP contribution < -0.4 is 5.32 Å². The standard InChI is InChI=1S/C15H29NO/c1-15(9-4-3-5-10-15)12-16-13-7-6-8-14(11-13)17-2/h13-14,16H,3-12H2,1-2H3. The summed E-state index contributed by atoms with van der Waals surface area (Å²) in [6.07, 6.45) is 12.8. The Morgan fingerprint density at radius 1 is 1.12 bits per heavy atom. The summed E-state index contributed by atoms with van der Waals surface area (Å²) in [5.41, 5.74) is 0.568. The molecule has 2 saturated carbocycles. The molecule has 2 aliphatic carbocycles. The third-order valence-electron chi connectivity index (χ3n) is 4.84. The Morgan fingerprint density at radius 2 is 1.88 bits per heavy atom. The maximum Gasteiger partial charge on any atom is 0.0586 e. The van der Waals surface area contributed by atoms with E-state index >= 15 is 0 Å². The van der Waals surface area contributed by atoms with E-state index in [1.807, 2.05) is 7.11 Å². The van der Waals surface area contributed by atoms with Gasteiger partial charge in [0.15, 0.2) is 0 Å². The zero-order valence-electron chi connectivity index (χ0n) is 11.6. The molecule has 0 saturated heterocycles. The van der Waals surface area contributed by atoms with E-state index in [1.165, 1.54) is 64.3 Å². The summed E-state index contributed by atoms with van der Waals surface area (Å²) in [4.78, 5) is 0. The van der Waals surface area contributed by atoms with Gasteiger partial charge in [0, 0.05) is 19.7 Å². The lowest BCUT2D eigenvalue weighted by molar-refractivity contribution is 0.0557. The van der Waals surface area contributed by atoms with Gasteiger partial charge in [0.05, 0.1) is 6.10 Å². The van der Waals surface area contributed by atoms with Gasteiger partial charge in [0.25, 0.3) is 0 Å². The minimum Gasteiger partial charge on any atom is -0.381 e. The Morgan fingerprint density at radius 3 is 2.59 bits per heavy atom. The number of ether oxygens (including phenoxy) is 1. The molecule has 0 spiro atoms. The molecule has 2 unspecified atom stereocenters. The first kappa shape index (κ1) is 13.4. The molecule has 0 aromatic heterocycles. The summed E-state index contributed by atoms with van der Waals surface area (Å²) in [7, 11) is 1.86. The van der Waals surface area contributed by atoms with Crippen molar-refractivity contribution in [3.63, 3.8) is 0 Å². The first-order valence-electron chi connectivity index (χ1n) is 7.48. The maximum atomic E-state index is 5.50. The molecule has 0 amide bonds. The van der Waals surface area contributed by atoms with Crippen molar-refractivity contribution in [2.45, 2.75) is 76.9 Å². The van der Waals surface area contributed by atoms with Crippen LogP contribution >= 0.6 is 0 Å². The molecule has 0 aliphatic heterocycles. The van der Waals surface area contributed by atoms with Crippen molar-refractivity contribution >= 4 is 0 Å². The van der Waals surface area contributed by atoms with Gasteiger partial charge in [-0.05, 0) is 43.9 Å². The third kappa shape index (κ3) is 3.96. The van der Waals surface area contributed by atoms with Crippen LogP contribution in [-0.2, 0) is 4.74 Å². The van der Waals surface area contributed by atoms with Crippen LogP contribution in [0.5, 0.6) is 0 Å². The topological polar surface area (TPSA) is 21.3 Å². The fourth-order valence-electron chi connectivity index (χ4n) is 3.52. The van der Waals surface area contributed by atoms with Gasteiger partial charge in [-0.1, -0.05) is 26.2 Å². The summed E-state index contributed by atoms with van der Waals surface area (Å²) in [5, 5.41) is 3.82. The van der Waals surface area contributed by atoms with Gasteiger partial charge in [-0.3, -0.25) is 0 Å². The van der Waals surface area contributed by atoms with Crippen LogP contribution in [0.15, 0.2) is 0 Å². The van der Waals surface area contributed by atoms with Gasteiger partial charge < -0.3 is 10.1 Å². The van der Waals surface area contributed by atoms with Gasteiger partial charge in [-0.15, -0.1) is 0 Å². The first-order valence-corrected chi connectivity index (χ1v) is 7.48. The molecule has 0 aromatic carbocycles. The highest BCUT2D eigenvalue weighted by Crippen LogP contribution is 2.35. The molecule has 0 radical (unpaired) electrons. The van der Waals surface area contributed by atoms with Crippen molar-refractivity contribution in [3.8, 4) is 0 Å². The van der Waals surface area contributed by atoms with Crippen LogP contribution in [-0.4, -0.2) is 25.8 Å². The van der Waals surface area contributed by atoms with Gasteiger partial charge in [-0.25, -0.2) is 0 Å². The lowest BCUT2D eigenvalue weighted by atomic mass is 9.75. The second-order valence-electron chi connectivity index (χ2n) is 6.47. The van der Waals surface area contributed by atoms with E-state index in [9.17, 15) is 0 Å². The van der Waals surface area contributed by atoms with Gasteiger partial charge >= 0.3 is 0 Å². The molecular formula is C15H29NO. The number of nitrogens with one attached hydrogen (secondary N) is 1. The van der Waals surface area contributed by atoms with E-state index in [0.717, 1.165) is 0 Å². The van der Waals surface area contributed by atoms with Crippen molar-refractivity contribution in [3.05, 3.63) is 0 Å². The van der Waals surface area contributed by atoms with Gasteiger partial charge in [0.1, 0.15) is 0 Å². The zero-order chi connectivity index (χ0) is 12.1. The van der Waals surface area contributed by atoms with Crippen molar-refractivity contribution < 1.29 is 4.74 Å². The molecule has 1 N–H and O–H groups in total. The van der Waals surface area contributed by atoms with E-state index < -0.39 is 0 Å².